The largest absolute Gasteiger partial charge is 0.478 e. The van der Waals surface area contributed by atoms with Crippen molar-refractivity contribution in [2.45, 2.75) is 6.18 Å². The summed E-state index contributed by atoms with van der Waals surface area (Å²) >= 11 is 3.32. The first-order chi connectivity index (χ1) is 11.4. The topological polar surface area (TPSA) is 57.4 Å². The Morgan fingerprint density at radius 2 is 1.92 bits per heavy atom. The summed E-state index contributed by atoms with van der Waals surface area (Å²) in [6.07, 6.45) is -2.92. The van der Waals surface area contributed by atoms with E-state index >= 15 is 0 Å². The molecule has 0 atom stereocenters. The molecule has 0 spiro atoms. The van der Waals surface area contributed by atoms with Crippen LogP contribution in [0, 0.1) is 11.3 Å². The maximum Gasteiger partial charge on any atom is 0.416 e. The molecule has 0 aromatic heterocycles. The number of nitrogens with zero attached hydrogens (tertiary/aromatic N) is 2. The number of benzene rings is 2. The first-order valence-corrected chi connectivity index (χ1v) is 7.45. The highest BCUT2D eigenvalue weighted by Gasteiger charge is 2.29. The van der Waals surface area contributed by atoms with E-state index in [0.29, 0.717) is 17.0 Å². The van der Waals surface area contributed by atoms with Crippen LogP contribution in [0.2, 0.25) is 0 Å². The van der Waals surface area contributed by atoms with Gasteiger partial charge in [0.25, 0.3) is 0 Å². The van der Waals surface area contributed by atoms with Gasteiger partial charge in [0.1, 0.15) is 11.8 Å². The summed E-state index contributed by atoms with van der Waals surface area (Å²) in [5, 5.41) is 12.5. The second-order valence-corrected chi connectivity index (χ2v) is 5.49. The van der Waals surface area contributed by atoms with E-state index in [2.05, 4.69) is 26.5 Å². The molecule has 0 saturated heterocycles. The molecule has 0 aliphatic heterocycles. The van der Waals surface area contributed by atoms with E-state index in [9.17, 15) is 13.2 Å². The van der Waals surface area contributed by atoms with Gasteiger partial charge in [0, 0.05) is 10.0 Å². The monoisotopic (exact) mass is 397 g/mol. The Morgan fingerprint density at radius 1 is 1.21 bits per heavy atom. The molecule has 2 aromatic rings. The summed E-state index contributed by atoms with van der Waals surface area (Å²) in [5.41, 5.74) is 2.94. The van der Waals surface area contributed by atoms with Gasteiger partial charge in [0.2, 0.25) is 0 Å². The lowest BCUT2D eigenvalue weighted by Crippen LogP contribution is -2.04. The molecule has 0 amide bonds. The number of hydrazone groups is 1. The van der Waals surface area contributed by atoms with E-state index in [1.54, 1.807) is 18.2 Å². The summed E-state index contributed by atoms with van der Waals surface area (Å²) in [7, 11) is 0. The lowest BCUT2D eigenvalue weighted by atomic mass is 10.2. The van der Waals surface area contributed by atoms with Gasteiger partial charge in [-0.2, -0.15) is 23.5 Å². The minimum Gasteiger partial charge on any atom is -0.478 e. The third kappa shape index (κ3) is 4.99. The second kappa shape index (κ2) is 7.84. The number of nitriles is 1. The van der Waals surface area contributed by atoms with Gasteiger partial charge in [-0.05, 0) is 42.5 Å². The van der Waals surface area contributed by atoms with Crippen molar-refractivity contribution in [2.24, 2.45) is 5.10 Å². The first kappa shape index (κ1) is 17.8. The molecule has 0 unspecified atom stereocenters. The van der Waals surface area contributed by atoms with Gasteiger partial charge in [0.05, 0.1) is 17.5 Å². The molecule has 0 bridgehead atoms. The van der Waals surface area contributed by atoms with Crippen LogP contribution in [-0.2, 0) is 6.18 Å². The average molecular weight is 398 g/mol. The summed E-state index contributed by atoms with van der Waals surface area (Å²) in [6.45, 7) is -0.102. The van der Waals surface area contributed by atoms with Gasteiger partial charge >= 0.3 is 6.18 Å². The number of halogens is 4. The van der Waals surface area contributed by atoms with Crippen LogP contribution >= 0.6 is 15.9 Å². The van der Waals surface area contributed by atoms with Crippen LogP contribution in [-0.4, -0.2) is 12.8 Å². The van der Waals surface area contributed by atoms with Gasteiger partial charge < -0.3 is 4.74 Å². The van der Waals surface area contributed by atoms with Crippen molar-refractivity contribution in [3.8, 4) is 11.8 Å². The standard InChI is InChI=1S/C16H11BrF3N3O/c17-13-3-6-15(24-8-7-21)11(9-13)10-22-23-14-4-1-12(2-5-14)16(18,19)20/h1-6,9-10,23H,8H2/b22-10+. The van der Waals surface area contributed by atoms with Crippen molar-refractivity contribution in [1.82, 2.24) is 0 Å². The summed E-state index contributed by atoms with van der Waals surface area (Å²) in [6, 6.07) is 11.6. The minimum atomic E-state index is -4.37. The molecular weight excluding hydrogens is 387 g/mol. The molecule has 0 aliphatic carbocycles. The van der Waals surface area contributed by atoms with Crippen LogP contribution in [0.15, 0.2) is 52.0 Å². The zero-order valence-electron chi connectivity index (χ0n) is 12.1. The number of nitrogens with one attached hydrogen (secondary N) is 1. The molecule has 0 radical (unpaired) electrons. The normalized spacial score (nSPS) is 11.3. The number of ether oxygens (including phenoxy) is 1. The summed E-state index contributed by atoms with van der Waals surface area (Å²) in [4.78, 5) is 0. The zero-order valence-corrected chi connectivity index (χ0v) is 13.7. The molecule has 124 valence electrons. The van der Waals surface area contributed by atoms with Gasteiger partial charge in [-0.1, -0.05) is 15.9 Å². The zero-order chi connectivity index (χ0) is 17.6. The minimum absolute atomic E-state index is 0.102. The van der Waals surface area contributed by atoms with E-state index < -0.39 is 11.7 Å². The quantitative estimate of drug-likeness (QED) is 0.581. The van der Waals surface area contributed by atoms with Crippen LogP contribution in [0.25, 0.3) is 0 Å². The lowest BCUT2D eigenvalue weighted by Gasteiger charge is -2.08. The Balaban J connectivity index is 2.09. The van der Waals surface area contributed by atoms with E-state index in [1.165, 1.54) is 18.3 Å². The Bertz CT molecular complexity index is 768. The van der Waals surface area contributed by atoms with E-state index in [1.807, 2.05) is 6.07 Å². The predicted octanol–water partition coefficient (Wildman–Crippen LogP) is 4.82. The molecule has 0 saturated carbocycles. The molecule has 2 rings (SSSR count). The van der Waals surface area contributed by atoms with Crippen molar-refractivity contribution < 1.29 is 17.9 Å². The number of anilines is 1. The van der Waals surface area contributed by atoms with Crippen LogP contribution in [0.1, 0.15) is 11.1 Å². The van der Waals surface area contributed by atoms with Gasteiger partial charge in [-0.15, -0.1) is 0 Å². The van der Waals surface area contributed by atoms with Crippen LogP contribution in [0.4, 0.5) is 18.9 Å². The fourth-order valence-corrected chi connectivity index (χ4v) is 2.15. The molecule has 24 heavy (non-hydrogen) atoms. The van der Waals surface area contributed by atoms with Crippen molar-refractivity contribution >= 4 is 27.8 Å². The number of hydrogen-bond acceptors (Lipinski definition) is 4. The smallest absolute Gasteiger partial charge is 0.416 e. The highest BCUT2D eigenvalue weighted by molar-refractivity contribution is 9.10. The molecule has 0 heterocycles. The van der Waals surface area contributed by atoms with Gasteiger partial charge in [-0.3, -0.25) is 5.43 Å². The van der Waals surface area contributed by atoms with Crippen molar-refractivity contribution in [3.05, 3.63) is 58.1 Å². The molecule has 8 heteroatoms. The molecule has 0 aliphatic rings. The molecule has 4 nitrogen and oxygen atoms in total. The number of alkyl halides is 3. The van der Waals surface area contributed by atoms with E-state index in [-0.39, 0.29) is 6.61 Å². The Labute approximate surface area is 144 Å². The van der Waals surface area contributed by atoms with E-state index in [0.717, 1.165) is 16.6 Å². The Morgan fingerprint density at radius 3 is 2.54 bits per heavy atom. The molecule has 0 fully saturated rings. The Hall–Kier alpha value is -2.53. The third-order valence-corrected chi connectivity index (χ3v) is 3.37. The van der Waals surface area contributed by atoms with Gasteiger partial charge in [0.15, 0.2) is 6.61 Å². The fourth-order valence-electron chi connectivity index (χ4n) is 1.77. The maximum atomic E-state index is 12.5. The summed E-state index contributed by atoms with van der Waals surface area (Å²) in [5.74, 6) is 0.470. The van der Waals surface area contributed by atoms with Crippen molar-refractivity contribution in [2.75, 3.05) is 12.0 Å². The maximum absolute atomic E-state index is 12.5. The fraction of sp³-hybridized carbons (Fsp3) is 0.125. The Kier molecular flexibility index (Phi) is 5.82. The lowest BCUT2D eigenvalue weighted by molar-refractivity contribution is -0.137. The van der Waals surface area contributed by atoms with Gasteiger partial charge in [-0.25, -0.2) is 0 Å². The second-order valence-electron chi connectivity index (χ2n) is 4.57. The average Bonchev–Trinajstić information content (AvgIpc) is 2.54. The van der Waals surface area contributed by atoms with Crippen molar-refractivity contribution in [1.29, 1.82) is 5.26 Å². The molecule has 2 aromatic carbocycles. The van der Waals surface area contributed by atoms with Crippen LogP contribution in [0.3, 0.4) is 0 Å². The predicted molar refractivity (Wildman–Crippen MR) is 87.9 cm³/mol. The van der Waals surface area contributed by atoms with Crippen LogP contribution in [0.5, 0.6) is 5.75 Å². The third-order valence-electron chi connectivity index (χ3n) is 2.87. The van der Waals surface area contributed by atoms with Crippen molar-refractivity contribution in [3.63, 3.8) is 0 Å². The number of hydrogen-bond donors (Lipinski definition) is 1. The molecule has 1 N–H and O–H groups in total. The van der Waals surface area contributed by atoms with E-state index in [4.69, 9.17) is 10.00 Å². The van der Waals surface area contributed by atoms with Crippen LogP contribution < -0.4 is 10.2 Å². The number of rotatable bonds is 5. The molecular formula is C16H11BrF3N3O. The highest BCUT2D eigenvalue weighted by Crippen LogP contribution is 2.29. The first-order valence-electron chi connectivity index (χ1n) is 6.66. The summed E-state index contributed by atoms with van der Waals surface area (Å²) < 4.78 is 43.5. The SMILES string of the molecule is N#CCOc1ccc(Br)cc1/C=N/Nc1ccc(C(F)(F)F)cc1. The highest BCUT2D eigenvalue weighted by atomic mass is 79.9.